The Balaban J connectivity index is 2.69. The van der Waals surface area contributed by atoms with Crippen molar-refractivity contribution in [3.05, 3.63) is 54.6 Å². The van der Waals surface area contributed by atoms with Crippen LogP contribution >= 0.6 is 0 Å². The van der Waals surface area contributed by atoms with Crippen LogP contribution in [-0.2, 0) is 4.79 Å². The van der Waals surface area contributed by atoms with Gasteiger partial charge in [-0.05, 0) is 18.1 Å². The molecule has 0 aliphatic heterocycles. The van der Waals surface area contributed by atoms with Crippen LogP contribution in [-0.4, -0.2) is 23.9 Å². The average Bonchev–Trinajstić information content (AvgIpc) is 2.34. The first kappa shape index (κ1) is 13.2. The van der Waals surface area contributed by atoms with Crippen LogP contribution in [0.2, 0.25) is 0 Å². The van der Waals surface area contributed by atoms with E-state index in [2.05, 4.69) is 31.7 Å². The molecule has 0 bridgehead atoms. The van der Waals surface area contributed by atoms with Crippen LogP contribution in [0, 0.1) is 0 Å². The van der Waals surface area contributed by atoms with E-state index < -0.39 is 0 Å². The van der Waals surface area contributed by atoms with Gasteiger partial charge in [0.1, 0.15) is 0 Å². The Kier molecular flexibility index (Phi) is 5.21. The summed E-state index contributed by atoms with van der Waals surface area (Å²) in [5, 5.41) is 0. The van der Waals surface area contributed by atoms with Gasteiger partial charge in [-0.15, -0.1) is 6.58 Å². The standard InChI is InChI=1S/C15H19NO/c1-4-11-16(14(3)17)12-10-13(2)15-8-6-5-7-9-15/h4-10H,1,11-12H2,2-3H3/b13-10+. The fourth-order valence-corrected chi connectivity index (χ4v) is 1.55. The van der Waals surface area contributed by atoms with Gasteiger partial charge < -0.3 is 4.90 Å². The number of hydrogen-bond acceptors (Lipinski definition) is 1. The van der Waals surface area contributed by atoms with Crippen LogP contribution in [0.5, 0.6) is 0 Å². The van der Waals surface area contributed by atoms with Gasteiger partial charge in [-0.3, -0.25) is 4.79 Å². The Labute approximate surface area is 103 Å². The van der Waals surface area contributed by atoms with E-state index in [0.29, 0.717) is 13.1 Å². The third kappa shape index (κ3) is 4.27. The Morgan fingerprint density at radius 3 is 2.41 bits per heavy atom. The minimum absolute atomic E-state index is 0.0713. The summed E-state index contributed by atoms with van der Waals surface area (Å²) in [6.45, 7) is 8.51. The van der Waals surface area contributed by atoms with Crippen LogP contribution in [0.25, 0.3) is 5.57 Å². The average molecular weight is 229 g/mol. The maximum absolute atomic E-state index is 11.3. The topological polar surface area (TPSA) is 20.3 Å². The highest BCUT2D eigenvalue weighted by atomic mass is 16.2. The molecule has 0 aliphatic carbocycles. The van der Waals surface area contributed by atoms with E-state index in [1.165, 1.54) is 11.1 Å². The molecule has 1 aromatic rings. The molecular weight excluding hydrogens is 210 g/mol. The van der Waals surface area contributed by atoms with E-state index in [1.807, 2.05) is 18.2 Å². The number of carbonyl (C=O) groups excluding carboxylic acids is 1. The molecule has 2 nitrogen and oxygen atoms in total. The zero-order chi connectivity index (χ0) is 12.7. The van der Waals surface area contributed by atoms with Crippen molar-refractivity contribution >= 4 is 11.5 Å². The lowest BCUT2D eigenvalue weighted by molar-refractivity contribution is -0.127. The molecule has 2 heteroatoms. The molecule has 0 aromatic heterocycles. The minimum atomic E-state index is 0.0713. The monoisotopic (exact) mass is 229 g/mol. The number of hydrogen-bond donors (Lipinski definition) is 0. The summed E-state index contributed by atoms with van der Waals surface area (Å²) >= 11 is 0. The van der Waals surface area contributed by atoms with Crippen LogP contribution in [0.15, 0.2) is 49.1 Å². The van der Waals surface area contributed by atoms with E-state index in [0.717, 1.165) is 0 Å². The molecule has 0 unspecified atom stereocenters. The summed E-state index contributed by atoms with van der Waals surface area (Å²) in [5.74, 6) is 0.0713. The van der Waals surface area contributed by atoms with E-state index in [4.69, 9.17) is 0 Å². The van der Waals surface area contributed by atoms with Crippen molar-refractivity contribution in [2.75, 3.05) is 13.1 Å². The molecule has 90 valence electrons. The van der Waals surface area contributed by atoms with Gasteiger partial charge in [-0.1, -0.05) is 42.5 Å². The van der Waals surface area contributed by atoms with E-state index in [-0.39, 0.29) is 5.91 Å². The van der Waals surface area contributed by atoms with Gasteiger partial charge in [0.15, 0.2) is 0 Å². The Hall–Kier alpha value is -1.83. The lowest BCUT2D eigenvalue weighted by Gasteiger charge is -2.17. The molecule has 0 fully saturated rings. The van der Waals surface area contributed by atoms with Gasteiger partial charge >= 0.3 is 0 Å². The number of allylic oxidation sites excluding steroid dienone is 1. The quantitative estimate of drug-likeness (QED) is 0.710. The van der Waals surface area contributed by atoms with Gasteiger partial charge in [-0.25, -0.2) is 0 Å². The number of amides is 1. The molecule has 0 radical (unpaired) electrons. The Morgan fingerprint density at radius 2 is 1.88 bits per heavy atom. The summed E-state index contributed by atoms with van der Waals surface area (Å²) in [6.07, 6.45) is 3.81. The zero-order valence-corrected chi connectivity index (χ0v) is 10.5. The normalized spacial score (nSPS) is 11.1. The van der Waals surface area contributed by atoms with E-state index in [1.54, 1.807) is 17.9 Å². The molecule has 17 heavy (non-hydrogen) atoms. The molecule has 0 spiro atoms. The molecule has 1 rings (SSSR count). The highest BCUT2D eigenvalue weighted by Crippen LogP contribution is 2.12. The summed E-state index contributed by atoms with van der Waals surface area (Å²) in [7, 11) is 0. The van der Waals surface area contributed by atoms with Crippen molar-refractivity contribution in [3.8, 4) is 0 Å². The highest BCUT2D eigenvalue weighted by Gasteiger charge is 2.04. The second-order valence-corrected chi connectivity index (χ2v) is 3.97. The Morgan fingerprint density at radius 1 is 1.24 bits per heavy atom. The number of rotatable bonds is 5. The Bertz CT molecular complexity index is 406. The molecule has 0 saturated carbocycles. The van der Waals surface area contributed by atoms with Crippen molar-refractivity contribution in [3.63, 3.8) is 0 Å². The van der Waals surface area contributed by atoms with Gasteiger partial charge in [0.2, 0.25) is 5.91 Å². The van der Waals surface area contributed by atoms with Gasteiger partial charge in [0.25, 0.3) is 0 Å². The second-order valence-electron chi connectivity index (χ2n) is 3.97. The SMILES string of the molecule is C=CCN(C/C=C(\C)c1ccccc1)C(C)=O. The number of benzene rings is 1. The van der Waals surface area contributed by atoms with Crippen molar-refractivity contribution in [2.24, 2.45) is 0 Å². The van der Waals surface area contributed by atoms with Crippen molar-refractivity contribution in [1.29, 1.82) is 0 Å². The predicted octanol–water partition coefficient (Wildman–Crippen LogP) is 3.12. The molecule has 0 saturated heterocycles. The maximum atomic E-state index is 11.3. The van der Waals surface area contributed by atoms with Gasteiger partial charge in [0, 0.05) is 20.0 Å². The molecular formula is C15H19NO. The van der Waals surface area contributed by atoms with Gasteiger partial charge in [0.05, 0.1) is 0 Å². The van der Waals surface area contributed by atoms with E-state index >= 15 is 0 Å². The number of nitrogens with zero attached hydrogens (tertiary/aromatic N) is 1. The molecule has 1 amide bonds. The predicted molar refractivity (Wildman–Crippen MR) is 72.5 cm³/mol. The molecule has 0 aliphatic rings. The molecule has 0 heterocycles. The minimum Gasteiger partial charge on any atom is -0.335 e. The molecule has 1 aromatic carbocycles. The fraction of sp³-hybridized carbons (Fsp3) is 0.267. The highest BCUT2D eigenvalue weighted by molar-refractivity contribution is 5.74. The zero-order valence-electron chi connectivity index (χ0n) is 10.5. The number of carbonyl (C=O) groups is 1. The first-order chi connectivity index (χ1) is 8.15. The fourth-order valence-electron chi connectivity index (χ4n) is 1.55. The van der Waals surface area contributed by atoms with E-state index in [9.17, 15) is 4.79 Å². The third-order valence-corrected chi connectivity index (χ3v) is 2.64. The molecule has 0 N–H and O–H groups in total. The first-order valence-corrected chi connectivity index (χ1v) is 5.73. The second kappa shape index (κ2) is 6.69. The summed E-state index contributed by atoms with van der Waals surface area (Å²) in [6, 6.07) is 10.2. The van der Waals surface area contributed by atoms with Gasteiger partial charge in [-0.2, -0.15) is 0 Å². The lowest BCUT2D eigenvalue weighted by Crippen LogP contribution is -2.28. The smallest absolute Gasteiger partial charge is 0.220 e. The van der Waals surface area contributed by atoms with Crippen molar-refractivity contribution in [2.45, 2.75) is 13.8 Å². The first-order valence-electron chi connectivity index (χ1n) is 5.73. The third-order valence-electron chi connectivity index (χ3n) is 2.64. The van der Waals surface area contributed by atoms with Crippen LogP contribution < -0.4 is 0 Å². The lowest BCUT2D eigenvalue weighted by atomic mass is 10.1. The maximum Gasteiger partial charge on any atom is 0.220 e. The summed E-state index contributed by atoms with van der Waals surface area (Å²) in [5.41, 5.74) is 2.37. The molecule has 0 atom stereocenters. The van der Waals surface area contributed by atoms with Crippen molar-refractivity contribution in [1.82, 2.24) is 4.90 Å². The summed E-state index contributed by atoms with van der Waals surface area (Å²) < 4.78 is 0. The summed E-state index contributed by atoms with van der Waals surface area (Å²) in [4.78, 5) is 13.1. The largest absolute Gasteiger partial charge is 0.335 e. The van der Waals surface area contributed by atoms with Crippen LogP contribution in [0.1, 0.15) is 19.4 Å². The van der Waals surface area contributed by atoms with Crippen LogP contribution in [0.4, 0.5) is 0 Å². The van der Waals surface area contributed by atoms with Crippen molar-refractivity contribution < 1.29 is 4.79 Å². The van der Waals surface area contributed by atoms with Crippen LogP contribution in [0.3, 0.4) is 0 Å².